The van der Waals surface area contributed by atoms with Gasteiger partial charge < -0.3 is 14.5 Å². The molecule has 1 aromatic rings. The molecule has 142 valence electrons. The summed E-state index contributed by atoms with van der Waals surface area (Å²) in [5.74, 6) is 0.121. The van der Waals surface area contributed by atoms with Gasteiger partial charge in [-0.2, -0.15) is 0 Å². The van der Waals surface area contributed by atoms with E-state index >= 15 is 0 Å². The molecule has 2 amide bonds. The minimum Gasteiger partial charge on any atom is -0.469 e. The summed E-state index contributed by atoms with van der Waals surface area (Å²) in [5, 5.41) is 0. The number of esters is 1. The highest BCUT2D eigenvalue weighted by molar-refractivity contribution is 5.82. The number of amides is 2. The van der Waals surface area contributed by atoms with Crippen molar-refractivity contribution in [2.24, 2.45) is 0 Å². The molecule has 0 aromatic heterocycles. The maximum atomic E-state index is 12.5. The largest absolute Gasteiger partial charge is 0.469 e. The standard InChI is InChI=1S/C20H28N2O4/c1-15(2)17-6-4-16(5-7-17)14-19(24)22-12-10-21(11-13-22)18(23)8-9-20(25)26-3/h4-7,15H,8-14H2,1-3H3. The fraction of sp³-hybridized carbons (Fsp3) is 0.550. The smallest absolute Gasteiger partial charge is 0.306 e. The predicted molar refractivity (Wildman–Crippen MR) is 98.6 cm³/mol. The summed E-state index contributed by atoms with van der Waals surface area (Å²) in [5.41, 5.74) is 2.27. The molecule has 2 rings (SSSR count). The maximum absolute atomic E-state index is 12.5. The fourth-order valence-electron chi connectivity index (χ4n) is 2.98. The third-order valence-corrected chi connectivity index (χ3v) is 4.76. The van der Waals surface area contributed by atoms with Crippen molar-refractivity contribution in [2.75, 3.05) is 33.3 Å². The Labute approximate surface area is 155 Å². The number of hydrogen-bond acceptors (Lipinski definition) is 4. The number of ether oxygens (including phenoxy) is 1. The topological polar surface area (TPSA) is 66.9 Å². The summed E-state index contributed by atoms with van der Waals surface area (Å²) in [6.45, 7) is 6.38. The van der Waals surface area contributed by atoms with Gasteiger partial charge in [-0.1, -0.05) is 38.1 Å². The second kappa shape index (κ2) is 9.36. The quantitative estimate of drug-likeness (QED) is 0.728. The highest BCUT2D eigenvalue weighted by atomic mass is 16.5. The lowest BCUT2D eigenvalue weighted by atomic mass is 10.0. The molecule has 26 heavy (non-hydrogen) atoms. The van der Waals surface area contributed by atoms with Gasteiger partial charge in [0.05, 0.1) is 20.0 Å². The lowest BCUT2D eigenvalue weighted by Gasteiger charge is -2.35. The van der Waals surface area contributed by atoms with Crippen molar-refractivity contribution >= 4 is 17.8 Å². The van der Waals surface area contributed by atoms with Crippen LogP contribution in [0.5, 0.6) is 0 Å². The van der Waals surface area contributed by atoms with Crippen LogP contribution in [0.1, 0.15) is 43.7 Å². The summed E-state index contributed by atoms with van der Waals surface area (Å²) in [4.78, 5) is 39.2. The zero-order valence-electron chi connectivity index (χ0n) is 15.9. The van der Waals surface area contributed by atoms with Gasteiger partial charge in [0.1, 0.15) is 0 Å². The highest BCUT2D eigenvalue weighted by Gasteiger charge is 2.24. The van der Waals surface area contributed by atoms with Gasteiger partial charge >= 0.3 is 5.97 Å². The molecule has 1 saturated heterocycles. The monoisotopic (exact) mass is 360 g/mol. The molecule has 0 unspecified atom stereocenters. The van der Waals surface area contributed by atoms with Crippen molar-refractivity contribution in [2.45, 2.75) is 39.0 Å². The van der Waals surface area contributed by atoms with E-state index in [2.05, 4.69) is 30.7 Å². The minimum atomic E-state index is -0.379. The first-order chi connectivity index (χ1) is 12.4. The van der Waals surface area contributed by atoms with E-state index < -0.39 is 0 Å². The summed E-state index contributed by atoms with van der Waals surface area (Å²) in [6.07, 6.45) is 0.637. The van der Waals surface area contributed by atoms with Gasteiger partial charge in [0, 0.05) is 32.6 Å². The van der Waals surface area contributed by atoms with Gasteiger partial charge in [-0.3, -0.25) is 14.4 Å². The number of hydrogen-bond donors (Lipinski definition) is 0. The first kappa shape index (κ1) is 19.9. The zero-order chi connectivity index (χ0) is 19.1. The first-order valence-corrected chi connectivity index (χ1v) is 9.12. The van der Waals surface area contributed by atoms with E-state index in [9.17, 15) is 14.4 Å². The Hall–Kier alpha value is -2.37. The molecule has 6 nitrogen and oxygen atoms in total. The number of carbonyl (C=O) groups is 3. The molecule has 1 aliphatic heterocycles. The molecule has 0 atom stereocenters. The zero-order valence-corrected chi connectivity index (χ0v) is 15.9. The van der Waals surface area contributed by atoms with Gasteiger partial charge in [0.15, 0.2) is 0 Å². The Bertz CT molecular complexity index is 632. The number of carbonyl (C=O) groups excluding carboxylic acids is 3. The minimum absolute atomic E-state index is 0.0632. The van der Waals surface area contributed by atoms with Crippen molar-refractivity contribution in [1.29, 1.82) is 0 Å². The van der Waals surface area contributed by atoms with Crippen LogP contribution >= 0.6 is 0 Å². The average molecular weight is 360 g/mol. The molecule has 0 spiro atoms. The van der Waals surface area contributed by atoms with Crippen molar-refractivity contribution in [3.8, 4) is 0 Å². The van der Waals surface area contributed by atoms with E-state index in [4.69, 9.17) is 0 Å². The van der Waals surface area contributed by atoms with Gasteiger partial charge in [0.25, 0.3) is 0 Å². The van der Waals surface area contributed by atoms with Crippen LogP contribution in [0, 0.1) is 0 Å². The highest BCUT2D eigenvalue weighted by Crippen LogP contribution is 2.16. The average Bonchev–Trinajstić information content (AvgIpc) is 2.66. The summed E-state index contributed by atoms with van der Waals surface area (Å²) in [7, 11) is 1.31. The Morgan fingerprint density at radius 3 is 1.96 bits per heavy atom. The molecule has 0 N–H and O–H groups in total. The van der Waals surface area contributed by atoms with Gasteiger partial charge in [-0.05, 0) is 17.0 Å². The van der Waals surface area contributed by atoms with Gasteiger partial charge in [-0.25, -0.2) is 0 Å². The Morgan fingerprint density at radius 1 is 0.923 bits per heavy atom. The van der Waals surface area contributed by atoms with E-state index in [1.165, 1.54) is 12.7 Å². The third kappa shape index (κ3) is 5.58. The van der Waals surface area contributed by atoms with Crippen LogP contribution in [0.4, 0.5) is 0 Å². The molecule has 0 bridgehead atoms. The lowest BCUT2D eigenvalue weighted by molar-refractivity contribution is -0.144. The van der Waals surface area contributed by atoms with Crippen LogP contribution in [0.15, 0.2) is 24.3 Å². The SMILES string of the molecule is COC(=O)CCC(=O)N1CCN(C(=O)Cc2ccc(C(C)C)cc2)CC1. The Morgan fingerprint density at radius 2 is 1.46 bits per heavy atom. The van der Waals surface area contributed by atoms with Crippen LogP contribution in [-0.4, -0.2) is 60.9 Å². The number of benzene rings is 1. The molecule has 0 aliphatic carbocycles. The van der Waals surface area contributed by atoms with E-state index in [-0.39, 0.29) is 30.6 Å². The van der Waals surface area contributed by atoms with Gasteiger partial charge in [0.2, 0.25) is 11.8 Å². The Balaban J connectivity index is 1.78. The molecular weight excluding hydrogens is 332 g/mol. The number of methoxy groups -OCH3 is 1. The van der Waals surface area contributed by atoms with Gasteiger partial charge in [-0.15, -0.1) is 0 Å². The molecule has 1 aromatic carbocycles. The number of rotatable bonds is 6. The predicted octanol–water partition coefficient (Wildman–Crippen LogP) is 1.98. The third-order valence-electron chi connectivity index (χ3n) is 4.76. The molecule has 1 fully saturated rings. The van der Waals surface area contributed by atoms with E-state index in [0.29, 0.717) is 38.5 Å². The Kier molecular flexibility index (Phi) is 7.18. The van der Waals surface area contributed by atoms with E-state index in [1.807, 2.05) is 12.1 Å². The second-order valence-electron chi connectivity index (χ2n) is 6.91. The van der Waals surface area contributed by atoms with Crippen molar-refractivity contribution in [1.82, 2.24) is 9.80 Å². The van der Waals surface area contributed by atoms with Crippen molar-refractivity contribution in [3.63, 3.8) is 0 Å². The molecule has 1 heterocycles. The molecule has 1 aliphatic rings. The summed E-state index contributed by atoms with van der Waals surface area (Å²) < 4.78 is 4.55. The maximum Gasteiger partial charge on any atom is 0.306 e. The fourth-order valence-corrected chi connectivity index (χ4v) is 2.98. The van der Waals surface area contributed by atoms with E-state index in [0.717, 1.165) is 5.56 Å². The van der Waals surface area contributed by atoms with Crippen LogP contribution in [0.3, 0.4) is 0 Å². The number of nitrogens with zero attached hydrogens (tertiary/aromatic N) is 2. The molecule has 0 radical (unpaired) electrons. The second-order valence-corrected chi connectivity index (χ2v) is 6.91. The molecule has 6 heteroatoms. The van der Waals surface area contributed by atoms with Crippen molar-refractivity contribution < 1.29 is 19.1 Å². The van der Waals surface area contributed by atoms with Crippen LogP contribution < -0.4 is 0 Å². The van der Waals surface area contributed by atoms with E-state index in [1.54, 1.807) is 9.80 Å². The molecule has 0 saturated carbocycles. The molecular formula is C20H28N2O4. The van der Waals surface area contributed by atoms with Crippen LogP contribution in [-0.2, 0) is 25.5 Å². The normalized spacial score (nSPS) is 14.5. The summed E-state index contributed by atoms with van der Waals surface area (Å²) in [6, 6.07) is 8.18. The summed E-state index contributed by atoms with van der Waals surface area (Å²) >= 11 is 0. The number of piperazine rings is 1. The lowest BCUT2D eigenvalue weighted by Crippen LogP contribution is -2.51. The van der Waals surface area contributed by atoms with Crippen molar-refractivity contribution in [3.05, 3.63) is 35.4 Å². The first-order valence-electron chi connectivity index (χ1n) is 9.12. The van der Waals surface area contributed by atoms with Crippen LogP contribution in [0.2, 0.25) is 0 Å². The van der Waals surface area contributed by atoms with Crippen LogP contribution in [0.25, 0.3) is 0 Å².